The lowest BCUT2D eigenvalue weighted by atomic mass is 9.95. The molecule has 3 N–H and O–H groups in total. The summed E-state index contributed by atoms with van der Waals surface area (Å²) in [5.41, 5.74) is 7.31. The van der Waals surface area contributed by atoms with Crippen molar-refractivity contribution in [3.8, 4) is 0 Å². The van der Waals surface area contributed by atoms with Gasteiger partial charge in [0.15, 0.2) is 0 Å². The van der Waals surface area contributed by atoms with Gasteiger partial charge in [-0.05, 0) is 43.4 Å². The monoisotopic (exact) mass is 347 g/mol. The average molecular weight is 347 g/mol. The molecule has 1 unspecified atom stereocenters. The number of nitrogens with one attached hydrogen (secondary N) is 1. The summed E-state index contributed by atoms with van der Waals surface area (Å²) in [4.78, 5) is 16.8. The molecular weight excluding hydrogens is 325 g/mol. The van der Waals surface area contributed by atoms with Gasteiger partial charge in [0.25, 0.3) is 0 Å². The molecule has 0 radical (unpaired) electrons. The van der Waals surface area contributed by atoms with E-state index in [1.54, 1.807) is 12.1 Å². The topological polar surface area (TPSA) is 68.0 Å². The van der Waals surface area contributed by atoms with Gasteiger partial charge < -0.3 is 11.1 Å². The first kappa shape index (κ1) is 17.0. The maximum atomic E-state index is 12.9. The van der Waals surface area contributed by atoms with Gasteiger partial charge in [0.1, 0.15) is 5.82 Å². The second-order valence-electron chi connectivity index (χ2n) is 6.66. The van der Waals surface area contributed by atoms with Crippen molar-refractivity contribution < 1.29 is 9.18 Å². The summed E-state index contributed by atoms with van der Waals surface area (Å²) in [7, 11) is 0. The van der Waals surface area contributed by atoms with E-state index in [0.29, 0.717) is 18.9 Å². The third kappa shape index (κ3) is 4.19. The average Bonchev–Trinajstić information content (AvgIpc) is 3.33. The second-order valence-corrected chi connectivity index (χ2v) is 7.60. The summed E-state index contributed by atoms with van der Waals surface area (Å²) in [5, 5.41) is 5.91. The number of amides is 1. The van der Waals surface area contributed by atoms with Gasteiger partial charge in [-0.3, -0.25) is 4.79 Å². The van der Waals surface area contributed by atoms with Gasteiger partial charge in [0, 0.05) is 18.3 Å². The molecule has 6 heteroatoms. The van der Waals surface area contributed by atoms with Gasteiger partial charge in [0.05, 0.1) is 22.7 Å². The zero-order valence-corrected chi connectivity index (χ0v) is 14.5. The van der Waals surface area contributed by atoms with Crippen LogP contribution in [0.2, 0.25) is 0 Å². The van der Waals surface area contributed by atoms with Crippen LogP contribution in [0.3, 0.4) is 0 Å². The molecular formula is C18H22FN3OS. The number of benzene rings is 1. The van der Waals surface area contributed by atoms with E-state index in [1.165, 1.54) is 23.5 Å². The molecule has 1 amide bonds. The Balaban J connectivity index is 1.57. The summed E-state index contributed by atoms with van der Waals surface area (Å²) in [5.74, 6) is 0.221. The van der Waals surface area contributed by atoms with Crippen molar-refractivity contribution >= 4 is 17.2 Å². The first-order valence-corrected chi connectivity index (χ1v) is 9.05. The van der Waals surface area contributed by atoms with E-state index in [9.17, 15) is 9.18 Å². The number of halogens is 1. The molecule has 1 aromatic heterocycles. The zero-order chi connectivity index (χ0) is 17.2. The highest BCUT2D eigenvalue weighted by Gasteiger charge is 2.41. The first-order valence-electron chi connectivity index (χ1n) is 8.17. The molecule has 1 atom stereocenters. The first-order chi connectivity index (χ1) is 11.5. The van der Waals surface area contributed by atoms with Crippen molar-refractivity contribution in [2.24, 2.45) is 11.7 Å². The van der Waals surface area contributed by atoms with Crippen LogP contribution in [0.1, 0.15) is 36.0 Å². The number of nitrogens with two attached hydrogens (primary N) is 1. The Hall–Kier alpha value is -1.79. The number of thiazole rings is 1. The molecule has 0 aliphatic heterocycles. The van der Waals surface area contributed by atoms with Crippen molar-refractivity contribution in [1.82, 2.24) is 10.3 Å². The number of hydrogen-bond acceptors (Lipinski definition) is 4. The third-order valence-electron chi connectivity index (χ3n) is 4.54. The minimum absolute atomic E-state index is 0.0338. The van der Waals surface area contributed by atoms with Crippen LogP contribution < -0.4 is 11.1 Å². The largest absolute Gasteiger partial charge is 0.349 e. The highest BCUT2D eigenvalue weighted by atomic mass is 32.1. The molecule has 1 aliphatic rings. The van der Waals surface area contributed by atoms with Crippen LogP contribution in [-0.4, -0.2) is 23.0 Å². The van der Waals surface area contributed by atoms with Crippen molar-refractivity contribution in [2.75, 3.05) is 6.54 Å². The van der Waals surface area contributed by atoms with Crippen molar-refractivity contribution in [2.45, 2.75) is 38.1 Å². The number of carbonyl (C=O) groups is 1. The standard InChI is InChI=1S/C18H22FN3OS/c1-18(11-20,13-4-5-13)22-16(23)9-15-10-24-17(21-15)8-12-2-6-14(19)7-3-12/h2-3,6-7,10,13H,4-5,8-9,11,20H2,1H3,(H,22,23). The molecule has 0 saturated heterocycles. The Bertz CT molecular complexity index is 711. The third-order valence-corrected chi connectivity index (χ3v) is 5.43. The lowest BCUT2D eigenvalue weighted by molar-refractivity contribution is -0.122. The van der Waals surface area contributed by atoms with Gasteiger partial charge >= 0.3 is 0 Å². The number of nitrogens with zero attached hydrogens (tertiary/aromatic N) is 1. The SMILES string of the molecule is CC(CN)(NC(=O)Cc1csc(Cc2ccc(F)cc2)n1)C1CC1. The lowest BCUT2D eigenvalue weighted by Crippen LogP contribution is -2.53. The normalized spacial score (nSPS) is 16.6. The predicted octanol–water partition coefficient (Wildman–Crippen LogP) is 2.66. The molecule has 1 heterocycles. The van der Waals surface area contributed by atoms with Crippen molar-refractivity contribution in [1.29, 1.82) is 0 Å². The quantitative estimate of drug-likeness (QED) is 0.809. The van der Waals surface area contributed by atoms with Gasteiger partial charge in [0.2, 0.25) is 5.91 Å². The van der Waals surface area contributed by atoms with Crippen LogP contribution >= 0.6 is 11.3 Å². The van der Waals surface area contributed by atoms with Crippen LogP contribution in [0.4, 0.5) is 4.39 Å². The molecule has 3 rings (SSSR count). The fourth-order valence-corrected chi connectivity index (χ4v) is 3.68. The van der Waals surface area contributed by atoms with Gasteiger partial charge in [-0.15, -0.1) is 11.3 Å². The van der Waals surface area contributed by atoms with Gasteiger partial charge in [-0.25, -0.2) is 9.37 Å². The van der Waals surface area contributed by atoms with Crippen LogP contribution in [0.15, 0.2) is 29.6 Å². The Morgan fingerprint density at radius 1 is 1.42 bits per heavy atom. The second kappa shape index (κ2) is 6.99. The summed E-state index contributed by atoms with van der Waals surface area (Å²) in [6.07, 6.45) is 3.18. The van der Waals surface area contributed by atoms with E-state index >= 15 is 0 Å². The molecule has 1 saturated carbocycles. The minimum atomic E-state index is -0.302. The number of rotatable bonds is 7. The van der Waals surface area contributed by atoms with Crippen LogP contribution in [0.5, 0.6) is 0 Å². The highest BCUT2D eigenvalue weighted by Crippen LogP contribution is 2.39. The smallest absolute Gasteiger partial charge is 0.226 e. The van der Waals surface area contributed by atoms with E-state index in [1.807, 2.05) is 12.3 Å². The molecule has 128 valence electrons. The molecule has 1 aliphatic carbocycles. The fourth-order valence-electron chi connectivity index (χ4n) is 2.86. The summed E-state index contributed by atoms with van der Waals surface area (Å²) >= 11 is 1.52. The van der Waals surface area contributed by atoms with E-state index in [-0.39, 0.29) is 23.7 Å². The van der Waals surface area contributed by atoms with E-state index in [4.69, 9.17) is 5.73 Å². The van der Waals surface area contributed by atoms with Crippen LogP contribution in [0, 0.1) is 11.7 Å². The van der Waals surface area contributed by atoms with E-state index in [2.05, 4.69) is 10.3 Å². The van der Waals surface area contributed by atoms with E-state index in [0.717, 1.165) is 29.1 Å². The Morgan fingerprint density at radius 2 is 2.12 bits per heavy atom. The molecule has 4 nitrogen and oxygen atoms in total. The van der Waals surface area contributed by atoms with Gasteiger partial charge in [-0.1, -0.05) is 12.1 Å². The molecule has 1 aromatic carbocycles. The van der Waals surface area contributed by atoms with E-state index < -0.39 is 0 Å². The Morgan fingerprint density at radius 3 is 2.75 bits per heavy atom. The molecule has 0 spiro atoms. The fraction of sp³-hybridized carbons (Fsp3) is 0.444. The molecule has 2 aromatic rings. The minimum Gasteiger partial charge on any atom is -0.349 e. The van der Waals surface area contributed by atoms with Crippen LogP contribution in [-0.2, 0) is 17.6 Å². The predicted molar refractivity (Wildman–Crippen MR) is 93.4 cm³/mol. The number of hydrogen-bond donors (Lipinski definition) is 2. The van der Waals surface area contributed by atoms with Gasteiger partial charge in [-0.2, -0.15) is 0 Å². The number of aromatic nitrogens is 1. The molecule has 0 bridgehead atoms. The maximum Gasteiger partial charge on any atom is 0.226 e. The maximum absolute atomic E-state index is 12.9. The van der Waals surface area contributed by atoms with Crippen molar-refractivity contribution in [3.05, 3.63) is 51.7 Å². The highest BCUT2D eigenvalue weighted by molar-refractivity contribution is 7.09. The number of carbonyl (C=O) groups excluding carboxylic acids is 1. The summed E-state index contributed by atoms with van der Waals surface area (Å²) < 4.78 is 12.9. The molecule has 24 heavy (non-hydrogen) atoms. The lowest BCUT2D eigenvalue weighted by Gasteiger charge is -2.29. The van der Waals surface area contributed by atoms with Crippen LogP contribution in [0.25, 0.3) is 0 Å². The Labute approximate surface area is 145 Å². The summed E-state index contributed by atoms with van der Waals surface area (Å²) in [6, 6.07) is 6.41. The Kier molecular flexibility index (Phi) is 4.96. The van der Waals surface area contributed by atoms with Crippen molar-refractivity contribution in [3.63, 3.8) is 0 Å². The zero-order valence-electron chi connectivity index (χ0n) is 13.7. The summed E-state index contributed by atoms with van der Waals surface area (Å²) in [6.45, 7) is 2.47. The molecule has 1 fully saturated rings.